The van der Waals surface area contributed by atoms with E-state index in [2.05, 4.69) is 31.2 Å². The van der Waals surface area contributed by atoms with Crippen LogP contribution in [0.15, 0.2) is 21.6 Å². The molecule has 12 heavy (non-hydrogen) atoms. The molecule has 2 N–H and O–H groups in total. The van der Waals surface area contributed by atoms with Crippen molar-refractivity contribution in [1.82, 2.24) is 20.8 Å². The van der Waals surface area contributed by atoms with Gasteiger partial charge in [0.15, 0.2) is 0 Å². The predicted octanol–water partition coefficient (Wildman–Crippen LogP) is 1.09. The number of hydrogen-bond donors (Lipinski definition) is 2. The fourth-order valence-electron chi connectivity index (χ4n) is 0.447. The quantitative estimate of drug-likeness (QED) is 0.247. The molecule has 0 aliphatic rings. The summed E-state index contributed by atoms with van der Waals surface area (Å²) in [6, 6.07) is 0. The molecular weight excluding hydrogens is 196 g/mol. The summed E-state index contributed by atoms with van der Waals surface area (Å²) >= 11 is 0. The first kappa shape index (κ1) is 9.33. The Kier molecular flexibility index (Phi) is 4.54. The van der Waals surface area contributed by atoms with E-state index in [9.17, 15) is 0 Å². The molecule has 1 heterocycles. The Balaban J connectivity index is 2.03. The Bertz CT molecular complexity index is 221. The van der Waals surface area contributed by atoms with Crippen LogP contribution in [0.1, 0.15) is 0 Å². The summed E-state index contributed by atoms with van der Waals surface area (Å²) in [4.78, 5) is 0. The van der Waals surface area contributed by atoms with Crippen LogP contribution in [0.2, 0.25) is 0 Å². The first-order valence-electron chi connectivity index (χ1n) is 3.10. The minimum absolute atomic E-state index is 0.689. The maximum Gasteiger partial charge on any atom is 0.149 e. The minimum atomic E-state index is 0.689. The number of rotatable bonds is 5. The fraction of sp³-hybridized carbons (Fsp3) is 0.500. The predicted molar refractivity (Wildman–Crippen MR) is 48.6 cm³/mol. The minimum Gasteiger partial charge on any atom is -0.281 e. The summed E-state index contributed by atoms with van der Waals surface area (Å²) in [6.07, 6.45) is 1.67. The molecule has 0 aromatic carbocycles. The van der Waals surface area contributed by atoms with Gasteiger partial charge in [0.2, 0.25) is 0 Å². The molecule has 1 rings (SSSR count). The Hall–Kier alpha value is -0.760. The summed E-state index contributed by atoms with van der Waals surface area (Å²) < 4.78 is 0. The first-order valence-corrected chi connectivity index (χ1v) is 5.42. The number of aromatic nitrogens is 3. The molecule has 0 atom stereocenters. The van der Waals surface area contributed by atoms with E-state index in [0.717, 1.165) is 5.03 Å². The Morgan fingerprint density at radius 1 is 1.75 bits per heavy atom. The van der Waals surface area contributed by atoms with Gasteiger partial charge in [0.05, 0.1) is 19.1 Å². The van der Waals surface area contributed by atoms with E-state index in [1.807, 2.05) is 0 Å². The zero-order chi connectivity index (χ0) is 8.65. The normalized spacial score (nSPS) is 10.8. The molecule has 1 aromatic rings. The van der Waals surface area contributed by atoms with E-state index < -0.39 is 0 Å². The molecule has 66 valence electrons. The Morgan fingerprint density at radius 2 is 2.67 bits per heavy atom. The molecule has 0 spiro atoms. The molecular formula is C4H8N6S2. The standard InChI is InChI=1S/C4H8N6S2/c1-5-9-7-3-11-12-4-2-6-10-8-4/h2H,3H2,1H3,(H,5,7)(H,6,8,10). The zero-order valence-corrected chi connectivity index (χ0v) is 8.02. The van der Waals surface area contributed by atoms with Crippen molar-refractivity contribution in [1.29, 1.82) is 0 Å². The highest BCUT2D eigenvalue weighted by Crippen LogP contribution is 2.26. The molecule has 0 aliphatic carbocycles. The summed E-state index contributed by atoms with van der Waals surface area (Å²) in [5.74, 6) is 0.689. The Labute approximate surface area is 77.4 Å². The van der Waals surface area contributed by atoms with Crippen LogP contribution in [0.5, 0.6) is 0 Å². The van der Waals surface area contributed by atoms with Crippen LogP contribution in [0.25, 0.3) is 0 Å². The number of aromatic amines is 1. The van der Waals surface area contributed by atoms with Crippen LogP contribution < -0.4 is 5.43 Å². The van der Waals surface area contributed by atoms with E-state index in [0.29, 0.717) is 5.88 Å². The summed E-state index contributed by atoms with van der Waals surface area (Å²) in [5.41, 5.74) is 2.74. The SMILES string of the molecule is CN=NNCSSc1cn[nH]n1. The van der Waals surface area contributed by atoms with Gasteiger partial charge in [-0.3, -0.25) is 5.43 Å². The van der Waals surface area contributed by atoms with E-state index in [1.165, 1.54) is 10.8 Å². The van der Waals surface area contributed by atoms with Gasteiger partial charge in [0.1, 0.15) is 5.03 Å². The molecule has 0 radical (unpaired) electrons. The third-order valence-corrected chi connectivity index (χ3v) is 2.78. The third kappa shape index (κ3) is 3.58. The zero-order valence-electron chi connectivity index (χ0n) is 6.39. The van der Waals surface area contributed by atoms with E-state index in [4.69, 9.17) is 0 Å². The van der Waals surface area contributed by atoms with Crippen LogP contribution in [0.3, 0.4) is 0 Å². The van der Waals surface area contributed by atoms with Crippen molar-refractivity contribution in [3.63, 3.8) is 0 Å². The average Bonchev–Trinajstić information content (AvgIpc) is 2.57. The lowest BCUT2D eigenvalue weighted by Gasteiger charge is -1.94. The Morgan fingerprint density at radius 3 is 3.33 bits per heavy atom. The highest BCUT2D eigenvalue weighted by atomic mass is 33.1. The van der Waals surface area contributed by atoms with Gasteiger partial charge in [0, 0.05) is 0 Å². The van der Waals surface area contributed by atoms with E-state index in [-0.39, 0.29) is 0 Å². The highest BCUT2D eigenvalue weighted by molar-refractivity contribution is 8.76. The fourth-order valence-corrected chi connectivity index (χ4v) is 1.85. The molecule has 6 nitrogen and oxygen atoms in total. The average molecular weight is 204 g/mol. The molecule has 8 heteroatoms. The van der Waals surface area contributed by atoms with Crippen molar-refractivity contribution in [2.75, 3.05) is 12.9 Å². The second kappa shape index (κ2) is 5.84. The molecule has 0 bridgehead atoms. The van der Waals surface area contributed by atoms with Crippen molar-refractivity contribution < 1.29 is 0 Å². The molecule has 0 unspecified atom stereocenters. The second-order valence-electron chi connectivity index (χ2n) is 1.61. The molecule has 0 amide bonds. The van der Waals surface area contributed by atoms with Gasteiger partial charge < -0.3 is 0 Å². The smallest absolute Gasteiger partial charge is 0.149 e. The second-order valence-corrected chi connectivity index (χ2v) is 3.93. The molecule has 0 saturated heterocycles. The number of H-pyrrole nitrogens is 1. The van der Waals surface area contributed by atoms with E-state index >= 15 is 0 Å². The van der Waals surface area contributed by atoms with Crippen LogP contribution in [-0.4, -0.2) is 28.3 Å². The van der Waals surface area contributed by atoms with Gasteiger partial charge in [-0.05, 0) is 10.8 Å². The number of nitrogens with zero attached hydrogens (tertiary/aromatic N) is 4. The van der Waals surface area contributed by atoms with E-state index in [1.54, 1.807) is 24.0 Å². The topological polar surface area (TPSA) is 78.3 Å². The van der Waals surface area contributed by atoms with Crippen molar-refractivity contribution in [3.8, 4) is 0 Å². The summed E-state index contributed by atoms with van der Waals surface area (Å²) in [6.45, 7) is 0. The monoisotopic (exact) mass is 204 g/mol. The lowest BCUT2D eigenvalue weighted by molar-refractivity contribution is 0.788. The van der Waals surface area contributed by atoms with Crippen LogP contribution in [0.4, 0.5) is 0 Å². The van der Waals surface area contributed by atoms with Crippen molar-refractivity contribution in [2.24, 2.45) is 10.3 Å². The van der Waals surface area contributed by atoms with Gasteiger partial charge >= 0.3 is 0 Å². The maximum absolute atomic E-state index is 3.86. The highest BCUT2D eigenvalue weighted by Gasteiger charge is 1.95. The molecule has 1 aromatic heterocycles. The van der Waals surface area contributed by atoms with Gasteiger partial charge in [-0.1, -0.05) is 16.0 Å². The lowest BCUT2D eigenvalue weighted by atomic mass is 11.0. The van der Waals surface area contributed by atoms with Crippen molar-refractivity contribution >= 4 is 21.6 Å². The van der Waals surface area contributed by atoms with Crippen LogP contribution in [0, 0.1) is 0 Å². The maximum atomic E-state index is 3.86. The molecule has 0 saturated carbocycles. The summed E-state index contributed by atoms with van der Waals surface area (Å²) in [7, 11) is 4.72. The number of hydrogen-bond acceptors (Lipinski definition) is 6. The van der Waals surface area contributed by atoms with Crippen molar-refractivity contribution in [3.05, 3.63) is 6.20 Å². The molecule has 0 aliphatic heterocycles. The van der Waals surface area contributed by atoms with Gasteiger partial charge in [-0.15, -0.1) is 5.10 Å². The van der Waals surface area contributed by atoms with Gasteiger partial charge in [0.25, 0.3) is 0 Å². The largest absolute Gasteiger partial charge is 0.281 e. The van der Waals surface area contributed by atoms with Crippen LogP contribution in [-0.2, 0) is 0 Å². The van der Waals surface area contributed by atoms with Crippen molar-refractivity contribution in [2.45, 2.75) is 5.03 Å². The first-order chi connectivity index (χ1) is 5.93. The lowest BCUT2D eigenvalue weighted by Crippen LogP contribution is -2.00. The molecule has 0 fully saturated rings. The van der Waals surface area contributed by atoms with Crippen LogP contribution >= 0.6 is 21.6 Å². The number of nitrogens with one attached hydrogen (secondary N) is 2. The van der Waals surface area contributed by atoms with Gasteiger partial charge in [-0.25, -0.2) is 0 Å². The summed E-state index contributed by atoms with van der Waals surface area (Å²) in [5, 5.41) is 18.0. The third-order valence-electron chi connectivity index (χ3n) is 0.831. The van der Waals surface area contributed by atoms with Gasteiger partial charge in [-0.2, -0.15) is 15.4 Å².